The molecule has 1 N–H and O–H groups in total. The first kappa shape index (κ1) is 44.3. The van der Waals surface area contributed by atoms with Gasteiger partial charge in [-0.2, -0.15) is 5.26 Å². The molecule has 2 heterocycles. The largest absolute Gasteiger partial charge is 0.497 e. The summed E-state index contributed by atoms with van der Waals surface area (Å²) < 4.78 is 41.9. The summed E-state index contributed by atoms with van der Waals surface area (Å²) in [6, 6.07) is 27.7. The van der Waals surface area contributed by atoms with Crippen LogP contribution in [-0.4, -0.2) is 65.9 Å². The van der Waals surface area contributed by atoms with Crippen LogP contribution < -0.4 is 20.7 Å². The van der Waals surface area contributed by atoms with Crippen LogP contribution in [0.1, 0.15) is 95.2 Å². The van der Waals surface area contributed by atoms with Gasteiger partial charge in [0.25, 0.3) is 14.1 Å². The standard InChI is InChI=1S/C45H55N4O8P/c1-8-9-10-12-16-34-30-48(44(51)47-43(34)50)42-29-40(57-58(55-28-15-27-46)49(32(2)3)33(4)5)41(56-42)31-54-45(35-17-13-11-14-18-35,36-19-23-38(52-6)24-20-36)37-21-25-39(53-7)26-22-37/h11,13-14,17-26,30,32-33,40-42H,8-10,15,28-29,31H2,1-7H3,(H,47,50,51)/t40-,41+,42+,58?/m0/s1. The lowest BCUT2D eigenvalue weighted by molar-refractivity contribution is -0.0925. The van der Waals surface area contributed by atoms with Crippen LogP contribution in [0.15, 0.2) is 94.6 Å². The second kappa shape index (κ2) is 21.3. The second-order valence-corrected chi connectivity index (χ2v) is 15.9. The zero-order chi connectivity index (χ0) is 41.7. The molecule has 1 fully saturated rings. The third-order valence-electron chi connectivity index (χ3n) is 9.86. The minimum Gasteiger partial charge on any atom is -0.497 e. The van der Waals surface area contributed by atoms with Gasteiger partial charge in [-0.05, 0) is 75.1 Å². The highest BCUT2D eigenvalue weighted by molar-refractivity contribution is 7.44. The van der Waals surface area contributed by atoms with E-state index in [-0.39, 0.29) is 43.7 Å². The summed E-state index contributed by atoms with van der Waals surface area (Å²) in [5.74, 6) is 7.39. The van der Waals surface area contributed by atoms with Crippen molar-refractivity contribution in [2.45, 2.75) is 103 Å². The van der Waals surface area contributed by atoms with E-state index in [2.05, 4.69) is 62.2 Å². The topological polar surface area (TPSA) is 137 Å². The van der Waals surface area contributed by atoms with Gasteiger partial charge in [-0.1, -0.05) is 79.8 Å². The first-order chi connectivity index (χ1) is 28.1. The van der Waals surface area contributed by atoms with Crippen LogP contribution in [0.4, 0.5) is 0 Å². The van der Waals surface area contributed by atoms with E-state index in [9.17, 15) is 14.9 Å². The maximum absolute atomic E-state index is 13.5. The number of aromatic nitrogens is 2. The lowest BCUT2D eigenvalue weighted by atomic mass is 9.80. The summed E-state index contributed by atoms with van der Waals surface area (Å²) in [4.78, 5) is 28.7. The number of nitriles is 1. The zero-order valence-electron chi connectivity index (χ0n) is 34.5. The van der Waals surface area contributed by atoms with Crippen LogP contribution in [0.5, 0.6) is 11.5 Å². The predicted molar refractivity (Wildman–Crippen MR) is 225 cm³/mol. The Balaban J connectivity index is 1.61. The minimum absolute atomic E-state index is 0.0145. The second-order valence-electron chi connectivity index (χ2n) is 14.5. The number of H-pyrrole nitrogens is 1. The Morgan fingerprint density at radius 2 is 1.52 bits per heavy atom. The van der Waals surface area contributed by atoms with Gasteiger partial charge in [0.2, 0.25) is 0 Å². The van der Waals surface area contributed by atoms with Crippen LogP contribution in [-0.2, 0) is 24.1 Å². The van der Waals surface area contributed by atoms with Crippen LogP contribution >= 0.6 is 8.53 Å². The molecule has 0 saturated carbocycles. The molecule has 308 valence electrons. The van der Waals surface area contributed by atoms with Crippen molar-refractivity contribution in [3.8, 4) is 29.4 Å². The molecule has 4 aromatic rings. The summed E-state index contributed by atoms with van der Waals surface area (Å²) in [6.45, 7) is 10.6. The van der Waals surface area contributed by atoms with Crippen LogP contribution in [0.3, 0.4) is 0 Å². The van der Waals surface area contributed by atoms with Crippen LogP contribution in [0, 0.1) is 23.2 Å². The molecule has 1 aliphatic heterocycles. The van der Waals surface area contributed by atoms with Crippen molar-refractivity contribution >= 4 is 8.53 Å². The lowest BCUT2D eigenvalue weighted by Crippen LogP contribution is -2.39. The molecule has 1 aliphatic rings. The van der Waals surface area contributed by atoms with Crippen molar-refractivity contribution in [3.63, 3.8) is 0 Å². The number of unbranched alkanes of at least 4 members (excludes halogenated alkanes) is 2. The van der Waals surface area contributed by atoms with Gasteiger partial charge in [0, 0.05) is 31.1 Å². The summed E-state index contributed by atoms with van der Waals surface area (Å²) in [6.07, 6.45) is 2.19. The van der Waals surface area contributed by atoms with Gasteiger partial charge in [0.05, 0.1) is 46.0 Å². The van der Waals surface area contributed by atoms with Gasteiger partial charge in [-0.15, -0.1) is 0 Å². The number of benzene rings is 3. The molecule has 0 spiro atoms. The van der Waals surface area contributed by atoms with E-state index in [0.717, 1.165) is 29.5 Å². The fourth-order valence-electron chi connectivity index (χ4n) is 7.03. The van der Waals surface area contributed by atoms with E-state index >= 15 is 0 Å². The van der Waals surface area contributed by atoms with E-state index in [0.29, 0.717) is 17.9 Å². The molecule has 13 heteroatoms. The average molecular weight is 811 g/mol. The maximum Gasteiger partial charge on any atom is 0.330 e. The molecule has 3 aromatic carbocycles. The molecular formula is C45H55N4O8P. The number of aromatic amines is 1. The van der Waals surface area contributed by atoms with Gasteiger partial charge < -0.3 is 28.0 Å². The molecule has 4 atom stereocenters. The Kier molecular flexibility index (Phi) is 16.3. The average Bonchev–Trinajstić information content (AvgIpc) is 3.62. The van der Waals surface area contributed by atoms with E-state index in [4.69, 9.17) is 28.0 Å². The predicted octanol–water partition coefficient (Wildman–Crippen LogP) is 8.05. The molecule has 1 saturated heterocycles. The fraction of sp³-hybridized carbons (Fsp3) is 0.444. The first-order valence-electron chi connectivity index (χ1n) is 19.8. The highest BCUT2D eigenvalue weighted by Crippen LogP contribution is 2.50. The molecule has 0 amide bonds. The number of methoxy groups -OCH3 is 2. The fourth-order valence-corrected chi connectivity index (χ4v) is 8.79. The quantitative estimate of drug-likeness (QED) is 0.0429. The molecule has 0 bridgehead atoms. The number of nitrogens with zero attached hydrogens (tertiary/aromatic N) is 3. The minimum atomic E-state index is -1.70. The van der Waals surface area contributed by atoms with Crippen molar-refractivity contribution in [2.75, 3.05) is 27.4 Å². The normalized spacial score (nSPS) is 17.2. The Hall–Kier alpha value is -4.78. The summed E-state index contributed by atoms with van der Waals surface area (Å²) in [5, 5.41) is 9.36. The molecule has 1 aromatic heterocycles. The molecule has 0 aliphatic carbocycles. The van der Waals surface area contributed by atoms with Crippen molar-refractivity contribution in [1.29, 1.82) is 5.26 Å². The SMILES string of the molecule is CCCCC#Cc1cn([C@H]2C[C@H](OP(OCCC#N)N(C(C)C)C(C)C)[C@@H](COC(c3ccccc3)(c3ccc(OC)cc3)c3ccc(OC)cc3)O2)c(=O)[nH]c1=O. The third kappa shape index (κ3) is 10.6. The monoisotopic (exact) mass is 810 g/mol. The van der Waals surface area contributed by atoms with Gasteiger partial charge in [-0.3, -0.25) is 14.3 Å². The van der Waals surface area contributed by atoms with E-state index in [1.54, 1.807) is 14.2 Å². The van der Waals surface area contributed by atoms with E-state index in [1.165, 1.54) is 10.8 Å². The summed E-state index contributed by atoms with van der Waals surface area (Å²) in [7, 11) is 1.55. The third-order valence-corrected chi connectivity index (χ3v) is 12.0. The Morgan fingerprint density at radius 1 is 0.914 bits per heavy atom. The van der Waals surface area contributed by atoms with Crippen LogP contribution in [0.2, 0.25) is 0 Å². The Labute approximate surface area is 343 Å². The molecule has 12 nitrogen and oxygen atoms in total. The van der Waals surface area contributed by atoms with Crippen LogP contribution in [0.25, 0.3) is 0 Å². The molecule has 58 heavy (non-hydrogen) atoms. The van der Waals surface area contributed by atoms with E-state index in [1.807, 2.05) is 78.9 Å². The highest BCUT2D eigenvalue weighted by atomic mass is 31.2. The number of ether oxygens (including phenoxy) is 4. The summed E-state index contributed by atoms with van der Waals surface area (Å²) in [5.41, 5.74) is 0.391. The molecule has 1 unspecified atom stereocenters. The zero-order valence-corrected chi connectivity index (χ0v) is 35.4. The molecule has 0 radical (unpaired) electrons. The smallest absolute Gasteiger partial charge is 0.330 e. The van der Waals surface area contributed by atoms with Gasteiger partial charge in [0.15, 0.2) is 0 Å². The first-order valence-corrected chi connectivity index (χ1v) is 20.9. The van der Waals surface area contributed by atoms with Crippen molar-refractivity contribution in [1.82, 2.24) is 14.2 Å². The maximum atomic E-state index is 13.5. The number of hydrogen-bond donors (Lipinski definition) is 1. The van der Waals surface area contributed by atoms with Crippen molar-refractivity contribution in [3.05, 3.63) is 128 Å². The van der Waals surface area contributed by atoms with Crippen molar-refractivity contribution in [2.24, 2.45) is 0 Å². The highest BCUT2D eigenvalue weighted by Gasteiger charge is 2.45. The van der Waals surface area contributed by atoms with E-state index < -0.39 is 43.8 Å². The Morgan fingerprint density at radius 3 is 2.07 bits per heavy atom. The van der Waals surface area contributed by atoms with Crippen molar-refractivity contribution < 1.29 is 28.0 Å². The van der Waals surface area contributed by atoms with Gasteiger partial charge >= 0.3 is 5.69 Å². The molecular weight excluding hydrogens is 755 g/mol. The van der Waals surface area contributed by atoms with Gasteiger partial charge in [-0.25, -0.2) is 9.46 Å². The van der Waals surface area contributed by atoms with Gasteiger partial charge in [0.1, 0.15) is 35.0 Å². The number of hydrogen-bond acceptors (Lipinski definition) is 10. The number of nitrogens with one attached hydrogen (secondary N) is 1. The summed E-state index contributed by atoms with van der Waals surface area (Å²) >= 11 is 0. The Bertz CT molecular complexity index is 2070. The lowest BCUT2D eigenvalue weighted by Gasteiger charge is -2.39. The number of rotatable bonds is 19. The molecule has 5 rings (SSSR count).